The molecule has 4 atom stereocenters. The van der Waals surface area contributed by atoms with Gasteiger partial charge in [-0.2, -0.15) is 0 Å². The van der Waals surface area contributed by atoms with Crippen LogP contribution in [0.5, 0.6) is 0 Å². The number of carbonyl (C=O) groups excluding carboxylic acids is 4. The van der Waals surface area contributed by atoms with Gasteiger partial charge in [0.15, 0.2) is 5.78 Å². The molecule has 38 heavy (non-hydrogen) atoms. The Labute approximate surface area is 223 Å². The largest absolute Gasteiger partial charge is 0.379 e. The van der Waals surface area contributed by atoms with Gasteiger partial charge in [-0.3, -0.25) is 24.1 Å². The Balaban J connectivity index is 1.62. The van der Waals surface area contributed by atoms with E-state index < -0.39 is 35.5 Å². The Morgan fingerprint density at radius 3 is 2.34 bits per heavy atom. The number of epoxide rings is 1. The first-order valence-corrected chi connectivity index (χ1v) is 13.0. The molecule has 3 rings (SSSR count). The Bertz CT molecular complexity index is 977. The number of ether oxygens (including phenoxy) is 2. The van der Waals surface area contributed by atoms with E-state index in [1.807, 2.05) is 35.2 Å². The van der Waals surface area contributed by atoms with E-state index in [2.05, 4.69) is 27.8 Å². The SMILES string of the molecule is C=CCNCC(NC(=O)C(C)NC(=O)CN1CCOCC1)C(=O)NC(Cc1ccccc1)C(=O)C1(C)CO1. The number of carbonyl (C=O) groups is 4. The van der Waals surface area contributed by atoms with Gasteiger partial charge in [-0.1, -0.05) is 36.4 Å². The first-order chi connectivity index (χ1) is 18.2. The van der Waals surface area contributed by atoms with Crippen LogP contribution in [0.25, 0.3) is 0 Å². The van der Waals surface area contributed by atoms with Crippen LogP contribution in [0, 0.1) is 0 Å². The van der Waals surface area contributed by atoms with Gasteiger partial charge in [-0.25, -0.2) is 0 Å². The summed E-state index contributed by atoms with van der Waals surface area (Å²) in [6, 6.07) is 6.70. The molecule has 4 N–H and O–H groups in total. The zero-order valence-corrected chi connectivity index (χ0v) is 22.2. The second-order valence-corrected chi connectivity index (χ2v) is 9.82. The van der Waals surface area contributed by atoms with Gasteiger partial charge >= 0.3 is 0 Å². The van der Waals surface area contributed by atoms with Crippen LogP contribution >= 0.6 is 0 Å². The fraction of sp³-hybridized carbons (Fsp3) is 0.556. The van der Waals surface area contributed by atoms with E-state index in [9.17, 15) is 19.2 Å². The molecule has 0 aromatic heterocycles. The minimum absolute atomic E-state index is 0.109. The molecule has 2 saturated heterocycles. The molecule has 0 aliphatic carbocycles. The summed E-state index contributed by atoms with van der Waals surface area (Å²) >= 11 is 0. The Morgan fingerprint density at radius 1 is 1.05 bits per heavy atom. The summed E-state index contributed by atoms with van der Waals surface area (Å²) in [5, 5.41) is 11.3. The van der Waals surface area contributed by atoms with E-state index in [4.69, 9.17) is 9.47 Å². The van der Waals surface area contributed by atoms with Crippen LogP contribution < -0.4 is 21.3 Å². The van der Waals surface area contributed by atoms with Crippen molar-refractivity contribution in [3.05, 3.63) is 48.6 Å². The molecular formula is C27H39N5O6. The monoisotopic (exact) mass is 529 g/mol. The first-order valence-electron chi connectivity index (χ1n) is 13.0. The van der Waals surface area contributed by atoms with E-state index in [-0.39, 0.29) is 24.8 Å². The third kappa shape index (κ3) is 9.02. The third-order valence-corrected chi connectivity index (χ3v) is 6.53. The molecule has 2 aliphatic rings. The Kier molecular flexibility index (Phi) is 11.0. The van der Waals surface area contributed by atoms with Gasteiger partial charge < -0.3 is 30.7 Å². The van der Waals surface area contributed by atoms with Crippen LogP contribution in [0.2, 0.25) is 0 Å². The molecule has 11 heteroatoms. The summed E-state index contributed by atoms with van der Waals surface area (Å²) in [6.45, 7) is 10.3. The highest BCUT2D eigenvalue weighted by molar-refractivity contribution is 5.98. The fourth-order valence-electron chi connectivity index (χ4n) is 4.10. The normalized spacial score (nSPS) is 21.4. The zero-order chi connectivity index (χ0) is 27.5. The van der Waals surface area contributed by atoms with Gasteiger partial charge in [0.1, 0.15) is 17.7 Å². The Morgan fingerprint density at radius 2 is 1.71 bits per heavy atom. The van der Waals surface area contributed by atoms with Crippen LogP contribution in [0.15, 0.2) is 43.0 Å². The lowest BCUT2D eigenvalue weighted by Gasteiger charge is -2.27. The molecule has 208 valence electrons. The van der Waals surface area contributed by atoms with Crippen LogP contribution in [-0.2, 0) is 35.1 Å². The van der Waals surface area contributed by atoms with Crippen molar-refractivity contribution in [2.75, 3.05) is 52.5 Å². The molecule has 0 spiro atoms. The number of morpholine rings is 1. The lowest BCUT2D eigenvalue weighted by molar-refractivity contribution is -0.134. The molecule has 2 heterocycles. The summed E-state index contributed by atoms with van der Waals surface area (Å²) < 4.78 is 10.6. The van der Waals surface area contributed by atoms with Crippen LogP contribution in [0.1, 0.15) is 19.4 Å². The molecule has 1 aromatic rings. The predicted octanol–water partition coefficient (Wildman–Crippen LogP) is -0.831. The smallest absolute Gasteiger partial charge is 0.244 e. The average Bonchev–Trinajstić information content (AvgIpc) is 3.66. The van der Waals surface area contributed by atoms with E-state index in [1.165, 1.54) is 0 Å². The summed E-state index contributed by atoms with van der Waals surface area (Å²) in [4.78, 5) is 53.8. The fourth-order valence-corrected chi connectivity index (χ4v) is 4.10. The van der Waals surface area contributed by atoms with Crippen molar-refractivity contribution in [1.82, 2.24) is 26.2 Å². The summed E-state index contributed by atoms with van der Waals surface area (Å²) in [5.74, 6) is -1.53. The molecule has 11 nitrogen and oxygen atoms in total. The number of rotatable bonds is 15. The molecule has 2 fully saturated rings. The van der Waals surface area contributed by atoms with Gasteiger partial charge in [-0.05, 0) is 25.8 Å². The second kappa shape index (κ2) is 14.1. The van der Waals surface area contributed by atoms with Crippen molar-refractivity contribution in [3.63, 3.8) is 0 Å². The number of ketones is 1. The van der Waals surface area contributed by atoms with Crippen LogP contribution in [0.4, 0.5) is 0 Å². The Hall–Kier alpha value is -3.12. The minimum Gasteiger partial charge on any atom is -0.379 e. The number of hydrogen-bond acceptors (Lipinski definition) is 8. The maximum Gasteiger partial charge on any atom is 0.244 e. The van der Waals surface area contributed by atoms with Gasteiger partial charge in [0.25, 0.3) is 0 Å². The number of nitrogens with zero attached hydrogens (tertiary/aromatic N) is 1. The number of nitrogens with one attached hydrogen (secondary N) is 4. The molecule has 0 bridgehead atoms. The van der Waals surface area contributed by atoms with Crippen molar-refractivity contribution >= 4 is 23.5 Å². The minimum atomic E-state index is -0.986. The molecule has 3 amide bonds. The molecule has 0 radical (unpaired) electrons. The van der Waals surface area contributed by atoms with Crippen molar-refractivity contribution < 1.29 is 28.7 Å². The van der Waals surface area contributed by atoms with Crippen LogP contribution in [-0.4, -0.2) is 105 Å². The van der Waals surface area contributed by atoms with Gasteiger partial charge in [0.05, 0.1) is 32.4 Å². The van der Waals surface area contributed by atoms with Gasteiger partial charge in [0, 0.05) is 26.2 Å². The van der Waals surface area contributed by atoms with Crippen molar-refractivity contribution in [3.8, 4) is 0 Å². The maximum atomic E-state index is 13.3. The van der Waals surface area contributed by atoms with E-state index in [0.29, 0.717) is 45.9 Å². The number of amides is 3. The lowest BCUT2D eigenvalue weighted by Crippen LogP contribution is -2.59. The number of hydrogen-bond donors (Lipinski definition) is 4. The maximum absolute atomic E-state index is 13.3. The first kappa shape index (κ1) is 29.4. The standard InChI is InChI=1S/C27H39N5O6/c1-4-10-28-16-22(31-25(35)19(2)29-23(33)17-32-11-13-37-14-12-32)26(36)30-21(24(34)27(3)18-38-27)15-20-8-6-5-7-9-20/h4-9,19,21-22,28H,1,10-18H2,2-3H3,(H,29,33)(H,30,36)(H,31,35). The number of benzene rings is 1. The molecular weight excluding hydrogens is 490 g/mol. The molecule has 0 saturated carbocycles. The van der Waals surface area contributed by atoms with E-state index in [1.54, 1.807) is 19.9 Å². The predicted molar refractivity (Wildman–Crippen MR) is 141 cm³/mol. The highest BCUT2D eigenvalue weighted by atomic mass is 16.6. The molecule has 1 aromatic carbocycles. The summed E-state index contributed by atoms with van der Waals surface area (Å²) in [5.41, 5.74) is -0.0383. The summed E-state index contributed by atoms with van der Waals surface area (Å²) in [6.07, 6.45) is 1.93. The quantitative estimate of drug-likeness (QED) is 0.131. The lowest BCUT2D eigenvalue weighted by atomic mass is 9.94. The second-order valence-electron chi connectivity index (χ2n) is 9.82. The van der Waals surface area contributed by atoms with Gasteiger partial charge in [-0.15, -0.1) is 6.58 Å². The topological polar surface area (TPSA) is 141 Å². The molecule has 2 aliphatic heterocycles. The van der Waals surface area contributed by atoms with E-state index in [0.717, 1.165) is 5.56 Å². The van der Waals surface area contributed by atoms with Crippen molar-refractivity contribution in [2.45, 2.75) is 44.0 Å². The molecule has 4 unspecified atom stereocenters. The van der Waals surface area contributed by atoms with Crippen molar-refractivity contribution in [2.24, 2.45) is 0 Å². The van der Waals surface area contributed by atoms with Crippen LogP contribution in [0.3, 0.4) is 0 Å². The average molecular weight is 530 g/mol. The zero-order valence-electron chi connectivity index (χ0n) is 22.2. The number of Topliss-reactive ketones (excluding diaryl/α,β-unsaturated/α-hetero) is 1. The third-order valence-electron chi connectivity index (χ3n) is 6.53. The van der Waals surface area contributed by atoms with E-state index >= 15 is 0 Å². The summed E-state index contributed by atoms with van der Waals surface area (Å²) in [7, 11) is 0. The van der Waals surface area contributed by atoms with Gasteiger partial charge in [0.2, 0.25) is 17.7 Å². The van der Waals surface area contributed by atoms with Crippen molar-refractivity contribution in [1.29, 1.82) is 0 Å². The highest BCUT2D eigenvalue weighted by Gasteiger charge is 2.50. The highest BCUT2D eigenvalue weighted by Crippen LogP contribution is 2.29.